The molecule has 0 aliphatic heterocycles. The van der Waals surface area contributed by atoms with Crippen LogP contribution in [0.15, 0.2) is 12.7 Å². The summed E-state index contributed by atoms with van der Waals surface area (Å²) >= 11 is 0. The molecule has 0 bridgehead atoms. The molecule has 0 heterocycles. The van der Waals surface area contributed by atoms with E-state index in [2.05, 4.69) is 74.3 Å². The smallest absolute Gasteiger partial charge is 0.192 e. The van der Waals surface area contributed by atoms with Crippen LogP contribution in [-0.2, 0) is 13.6 Å². The van der Waals surface area contributed by atoms with Crippen LogP contribution in [0.2, 0.25) is 36.3 Å². The maximum atomic E-state index is 12.0. The summed E-state index contributed by atoms with van der Waals surface area (Å²) in [6.45, 7) is 28.9. The molecule has 5 heteroatoms. The number of carbonyl (C=O) groups excluding carboxylic acids is 1. The van der Waals surface area contributed by atoms with Gasteiger partial charge in [-0.1, -0.05) is 54.5 Å². The van der Waals surface area contributed by atoms with E-state index in [9.17, 15) is 4.79 Å². The highest BCUT2D eigenvalue weighted by atomic mass is 28.4. The Morgan fingerprint density at radius 1 is 0.923 bits per heavy atom. The zero-order valence-corrected chi connectivity index (χ0v) is 21.3. The van der Waals surface area contributed by atoms with Crippen molar-refractivity contribution in [1.29, 1.82) is 0 Å². The quantitative estimate of drug-likeness (QED) is 0.236. The average Bonchev–Trinajstić information content (AvgIpc) is 2.43. The molecule has 2 atom stereocenters. The van der Waals surface area contributed by atoms with Crippen LogP contribution in [0.4, 0.5) is 0 Å². The van der Waals surface area contributed by atoms with Crippen LogP contribution in [0, 0.1) is 5.41 Å². The molecule has 0 unspecified atom stereocenters. The summed E-state index contributed by atoms with van der Waals surface area (Å²) in [5, 5.41) is 0.279. The number of hydrogen-bond donors (Lipinski definition) is 0. The Kier molecular flexibility index (Phi) is 8.76. The standard InChI is InChI=1S/C21H44O3Si2/c1-13-15-21(8,17-22)18(24-26(11,12)20(5,6)7)14-16-23-25(9,10)19(2,3)4/h13,17-18H,1,14-16H2,2-12H3/t18-,21-/m1/s1. The van der Waals surface area contributed by atoms with Gasteiger partial charge < -0.3 is 13.6 Å². The predicted molar refractivity (Wildman–Crippen MR) is 119 cm³/mol. The van der Waals surface area contributed by atoms with Crippen molar-refractivity contribution >= 4 is 22.9 Å². The maximum absolute atomic E-state index is 12.0. The lowest BCUT2D eigenvalue weighted by atomic mass is 9.81. The van der Waals surface area contributed by atoms with Gasteiger partial charge in [-0.3, -0.25) is 0 Å². The molecule has 0 spiro atoms. The van der Waals surface area contributed by atoms with Crippen LogP contribution in [0.1, 0.15) is 61.3 Å². The molecule has 0 rings (SSSR count). The molecule has 0 aliphatic rings. The molecule has 0 amide bonds. The highest BCUT2D eigenvalue weighted by molar-refractivity contribution is 6.74. The molecule has 3 nitrogen and oxygen atoms in total. The van der Waals surface area contributed by atoms with Crippen molar-refractivity contribution in [3.63, 3.8) is 0 Å². The Labute approximate surface area is 165 Å². The Morgan fingerprint density at radius 3 is 1.73 bits per heavy atom. The monoisotopic (exact) mass is 400 g/mol. The fourth-order valence-electron chi connectivity index (χ4n) is 2.26. The maximum Gasteiger partial charge on any atom is 0.192 e. The third kappa shape index (κ3) is 6.73. The largest absolute Gasteiger partial charge is 0.417 e. The Hall–Kier alpha value is -0.236. The van der Waals surface area contributed by atoms with Crippen LogP contribution < -0.4 is 0 Å². The number of carbonyl (C=O) groups is 1. The fourth-order valence-corrected chi connectivity index (χ4v) is 4.77. The summed E-state index contributed by atoms with van der Waals surface area (Å²) in [6.07, 6.45) is 4.09. The number of rotatable bonds is 10. The molecule has 0 aromatic rings. The zero-order valence-electron chi connectivity index (χ0n) is 19.3. The van der Waals surface area contributed by atoms with Crippen LogP contribution in [0.25, 0.3) is 0 Å². The second kappa shape index (κ2) is 8.84. The summed E-state index contributed by atoms with van der Waals surface area (Å²) in [4.78, 5) is 12.0. The van der Waals surface area contributed by atoms with E-state index in [1.165, 1.54) is 0 Å². The van der Waals surface area contributed by atoms with Gasteiger partial charge in [0.2, 0.25) is 0 Å². The molecule has 0 radical (unpaired) electrons. The second-order valence-corrected chi connectivity index (χ2v) is 20.4. The van der Waals surface area contributed by atoms with Crippen molar-refractivity contribution in [1.82, 2.24) is 0 Å². The third-order valence-corrected chi connectivity index (χ3v) is 15.5. The number of allylic oxidation sites excluding steroid dienone is 1. The van der Waals surface area contributed by atoms with Gasteiger partial charge >= 0.3 is 0 Å². The topological polar surface area (TPSA) is 35.5 Å². The van der Waals surface area contributed by atoms with Crippen molar-refractivity contribution in [2.45, 2.75) is 104 Å². The first-order valence-electron chi connectivity index (χ1n) is 9.82. The highest BCUT2D eigenvalue weighted by Crippen LogP contribution is 2.41. The van der Waals surface area contributed by atoms with E-state index in [1.54, 1.807) is 0 Å². The van der Waals surface area contributed by atoms with Crippen molar-refractivity contribution in [3.8, 4) is 0 Å². The van der Waals surface area contributed by atoms with E-state index in [1.807, 2.05) is 13.0 Å². The molecule has 0 saturated carbocycles. The Morgan fingerprint density at radius 2 is 1.38 bits per heavy atom. The van der Waals surface area contributed by atoms with Crippen molar-refractivity contribution in [3.05, 3.63) is 12.7 Å². The minimum Gasteiger partial charge on any atom is -0.417 e. The lowest BCUT2D eigenvalue weighted by Gasteiger charge is -2.44. The second-order valence-electron chi connectivity index (χ2n) is 10.9. The molecule has 0 aromatic heterocycles. The molecule has 154 valence electrons. The summed E-state index contributed by atoms with van der Waals surface area (Å²) < 4.78 is 13.1. The first kappa shape index (κ1) is 25.8. The van der Waals surface area contributed by atoms with Gasteiger partial charge in [0.15, 0.2) is 16.6 Å². The fraction of sp³-hybridized carbons (Fsp3) is 0.857. The van der Waals surface area contributed by atoms with Crippen LogP contribution >= 0.6 is 0 Å². The normalized spacial score (nSPS) is 17.5. The van der Waals surface area contributed by atoms with Crippen LogP contribution in [0.3, 0.4) is 0 Å². The SMILES string of the molecule is C=CC[C@](C)(C=O)[C@@H](CCO[Si](C)(C)C(C)(C)C)O[Si](C)(C)C(C)(C)C. The van der Waals surface area contributed by atoms with E-state index in [0.717, 1.165) is 12.7 Å². The molecule has 0 fully saturated rings. The minimum absolute atomic E-state index is 0.101. The van der Waals surface area contributed by atoms with Crippen molar-refractivity contribution in [2.24, 2.45) is 5.41 Å². The van der Waals surface area contributed by atoms with Crippen molar-refractivity contribution in [2.75, 3.05) is 6.61 Å². The first-order valence-corrected chi connectivity index (χ1v) is 15.6. The number of hydrogen-bond acceptors (Lipinski definition) is 3. The number of aldehydes is 1. The van der Waals surface area contributed by atoms with Gasteiger partial charge in [0, 0.05) is 6.61 Å². The van der Waals surface area contributed by atoms with Gasteiger partial charge in [-0.2, -0.15) is 0 Å². The van der Waals surface area contributed by atoms with Gasteiger partial charge in [0.05, 0.1) is 11.5 Å². The summed E-state index contributed by atoms with van der Waals surface area (Å²) in [5.41, 5.74) is -0.561. The Bertz CT molecular complexity index is 473. The van der Waals surface area contributed by atoms with Gasteiger partial charge in [-0.05, 0) is 49.1 Å². The molecule has 0 aromatic carbocycles. The molecule has 0 saturated heterocycles. The van der Waals surface area contributed by atoms with E-state index in [0.29, 0.717) is 13.0 Å². The first-order chi connectivity index (χ1) is 11.4. The van der Waals surface area contributed by atoms with E-state index in [-0.39, 0.29) is 16.2 Å². The molecular formula is C21H44O3Si2. The summed E-state index contributed by atoms with van der Waals surface area (Å²) in [6, 6.07) is 0. The Balaban J connectivity index is 5.43. The lowest BCUT2D eigenvalue weighted by molar-refractivity contribution is -0.121. The van der Waals surface area contributed by atoms with Crippen molar-refractivity contribution < 1.29 is 13.6 Å². The van der Waals surface area contributed by atoms with Crippen LogP contribution in [-0.4, -0.2) is 35.6 Å². The van der Waals surface area contributed by atoms with Gasteiger partial charge in [-0.25, -0.2) is 0 Å². The van der Waals surface area contributed by atoms with Gasteiger partial charge in [0.25, 0.3) is 0 Å². The summed E-state index contributed by atoms with van der Waals surface area (Å²) in [7, 11) is -3.80. The van der Waals surface area contributed by atoms with E-state index < -0.39 is 22.0 Å². The van der Waals surface area contributed by atoms with E-state index >= 15 is 0 Å². The average molecular weight is 401 g/mol. The molecule has 26 heavy (non-hydrogen) atoms. The summed E-state index contributed by atoms with van der Waals surface area (Å²) in [5.74, 6) is 0. The zero-order chi connectivity index (χ0) is 21.0. The minimum atomic E-state index is -1.99. The molecule has 0 aliphatic carbocycles. The van der Waals surface area contributed by atoms with Crippen LogP contribution in [0.5, 0.6) is 0 Å². The highest BCUT2D eigenvalue weighted by Gasteiger charge is 2.44. The van der Waals surface area contributed by atoms with E-state index in [4.69, 9.17) is 8.85 Å². The van der Waals surface area contributed by atoms with Gasteiger partial charge in [-0.15, -0.1) is 6.58 Å². The molecule has 0 N–H and O–H groups in total. The lowest BCUT2D eigenvalue weighted by Crippen LogP contribution is -2.50. The third-order valence-electron chi connectivity index (χ3n) is 6.48. The molecular weight excluding hydrogens is 356 g/mol. The van der Waals surface area contributed by atoms with Gasteiger partial charge in [0.1, 0.15) is 6.29 Å². The predicted octanol–water partition coefficient (Wildman–Crippen LogP) is 6.57.